The quantitative estimate of drug-likeness (QED) is 0.515. The monoisotopic (exact) mass is 306 g/mol. The molecule has 21 heavy (non-hydrogen) atoms. The van der Waals surface area contributed by atoms with Gasteiger partial charge in [0.15, 0.2) is 0 Å². The van der Waals surface area contributed by atoms with Gasteiger partial charge in [-0.3, -0.25) is 10.1 Å². The van der Waals surface area contributed by atoms with Crippen molar-refractivity contribution in [3.8, 4) is 0 Å². The molecular weight excluding hydrogens is 292 g/mol. The average Bonchev–Trinajstić information content (AvgIpc) is 2.38. The van der Waals surface area contributed by atoms with Crippen molar-refractivity contribution in [2.24, 2.45) is 5.92 Å². The molecule has 2 rings (SSSR count). The molecule has 0 aromatic heterocycles. The van der Waals surface area contributed by atoms with E-state index in [4.69, 9.17) is 0 Å². The van der Waals surface area contributed by atoms with Crippen LogP contribution in [0.4, 0.5) is 28.9 Å². The van der Waals surface area contributed by atoms with Gasteiger partial charge in [0, 0.05) is 18.2 Å². The normalized spacial score (nSPS) is 22.9. The SMILES string of the molecule is O=[N+]([O-])c1ccc(F)cc1NC1CCC(C(F)(F)F)CC1. The van der Waals surface area contributed by atoms with E-state index in [1.807, 2.05) is 0 Å². The van der Waals surface area contributed by atoms with E-state index in [1.54, 1.807) is 0 Å². The molecule has 1 saturated carbocycles. The van der Waals surface area contributed by atoms with Gasteiger partial charge in [-0.1, -0.05) is 0 Å². The Morgan fingerprint density at radius 2 is 1.81 bits per heavy atom. The van der Waals surface area contributed by atoms with Crippen LogP contribution >= 0.6 is 0 Å². The molecule has 4 nitrogen and oxygen atoms in total. The Morgan fingerprint density at radius 1 is 1.19 bits per heavy atom. The smallest absolute Gasteiger partial charge is 0.377 e. The molecule has 8 heteroatoms. The molecule has 0 unspecified atom stereocenters. The van der Waals surface area contributed by atoms with Crippen LogP contribution in [0.25, 0.3) is 0 Å². The molecule has 0 saturated heterocycles. The number of rotatable bonds is 3. The van der Waals surface area contributed by atoms with E-state index in [2.05, 4.69) is 5.32 Å². The number of alkyl halides is 3. The molecule has 1 fully saturated rings. The van der Waals surface area contributed by atoms with Crippen LogP contribution in [-0.4, -0.2) is 17.1 Å². The first kappa shape index (κ1) is 15.5. The van der Waals surface area contributed by atoms with Gasteiger partial charge in [-0.2, -0.15) is 13.2 Å². The summed E-state index contributed by atoms with van der Waals surface area (Å²) in [6.07, 6.45) is -3.75. The second-order valence-corrected chi connectivity index (χ2v) is 5.15. The van der Waals surface area contributed by atoms with Crippen molar-refractivity contribution in [3.05, 3.63) is 34.1 Å². The number of nitrogens with one attached hydrogen (secondary N) is 1. The molecular formula is C13H14F4N2O2. The largest absolute Gasteiger partial charge is 0.391 e. The Hall–Kier alpha value is -1.86. The summed E-state index contributed by atoms with van der Waals surface area (Å²) in [6.45, 7) is 0. The lowest BCUT2D eigenvalue weighted by atomic mass is 9.85. The molecule has 0 amide bonds. The highest BCUT2D eigenvalue weighted by Gasteiger charge is 2.41. The van der Waals surface area contributed by atoms with Gasteiger partial charge in [0.1, 0.15) is 11.5 Å². The highest BCUT2D eigenvalue weighted by Crippen LogP contribution is 2.38. The number of halogens is 4. The maximum absolute atomic E-state index is 13.2. The van der Waals surface area contributed by atoms with Crippen molar-refractivity contribution in [1.82, 2.24) is 0 Å². The first-order valence-electron chi connectivity index (χ1n) is 6.54. The van der Waals surface area contributed by atoms with Crippen LogP contribution in [-0.2, 0) is 0 Å². The summed E-state index contributed by atoms with van der Waals surface area (Å²) >= 11 is 0. The van der Waals surface area contributed by atoms with Gasteiger partial charge >= 0.3 is 6.18 Å². The number of hydrogen-bond donors (Lipinski definition) is 1. The highest BCUT2D eigenvalue weighted by atomic mass is 19.4. The summed E-state index contributed by atoms with van der Waals surface area (Å²) in [5.41, 5.74) is -0.273. The molecule has 0 heterocycles. The molecule has 0 aliphatic heterocycles. The first-order valence-corrected chi connectivity index (χ1v) is 6.54. The number of benzene rings is 1. The van der Waals surface area contributed by atoms with Gasteiger partial charge in [0.05, 0.1) is 10.8 Å². The van der Waals surface area contributed by atoms with Gasteiger partial charge in [-0.25, -0.2) is 4.39 Å². The van der Waals surface area contributed by atoms with Crippen LogP contribution in [0.2, 0.25) is 0 Å². The van der Waals surface area contributed by atoms with Crippen molar-refractivity contribution >= 4 is 11.4 Å². The molecule has 1 aliphatic rings. The van der Waals surface area contributed by atoms with Crippen molar-refractivity contribution in [2.75, 3.05) is 5.32 Å². The number of hydrogen-bond acceptors (Lipinski definition) is 3. The fourth-order valence-electron chi connectivity index (χ4n) is 2.57. The second kappa shape index (κ2) is 5.87. The number of anilines is 1. The van der Waals surface area contributed by atoms with E-state index in [0.717, 1.165) is 18.2 Å². The predicted octanol–water partition coefficient (Wildman–Crippen LogP) is 4.27. The van der Waals surface area contributed by atoms with Crippen LogP contribution in [0.3, 0.4) is 0 Å². The topological polar surface area (TPSA) is 55.2 Å². The van der Waals surface area contributed by atoms with Crippen LogP contribution in [0, 0.1) is 21.8 Å². The molecule has 0 bridgehead atoms. The fraction of sp³-hybridized carbons (Fsp3) is 0.538. The van der Waals surface area contributed by atoms with Gasteiger partial charge in [-0.05, 0) is 31.7 Å². The molecule has 0 radical (unpaired) electrons. The highest BCUT2D eigenvalue weighted by molar-refractivity contribution is 5.61. The maximum Gasteiger partial charge on any atom is 0.391 e. The molecule has 1 aromatic rings. The minimum absolute atomic E-state index is 0.00968. The van der Waals surface area contributed by atoms with Crippen LogP contribution in [0.5, 0.6) is 0 Å². The lowest BCUT2D eigenvalue weighted by molar-refractivity contribution is -0.384. The number of nitrogens with zero attached hydrogens (tertiary/aromatic N) is 1. The average molecular weight is 306 g/mol. The van der Waals surface area contributed by atoms with Crippen LogP contribution in [0.1, 0.15) is 25.7 Å². The van der Waals surface area contributed by atoms with Gasteiger partial charge in [0.2, 0.25) is 0 Å². The third-order valence-electron chi connectivity index (χ3n) is 3.71. The summed E-state index contributed by atoms with van der Waals surface area (Å²) in [7, 11) is 0. The van der Waals surface area contributed by atoms with E-state index in [-0.39, 0.29) is 43.1 Å². The fourth-order valence-corrected chi connectivity index (χ4v) is 2.57. The molecule has 0 spiro atoms. The predicted molar refractivity (Wildman–Crippen MR) is 68.5 cm³/mol. The molecule has 116 valence electrons. The number of nitro benzene ring substituents is 1. The Morgan fingerprint density at radius 3 is 2.33 bits per heavy atom. The zero-order chi connectivity index (χ0) is 15.6. The lowest BCUT2D eigenvalue weighted by Crippen LogP contribution is -2.32. The first-order chi connectivity index (χ1) is 9.77. The van der Waals surface area contributed by atoms with Crippen molar-refractivity contribution in [3.63, 3.8) is 0 Å². The van der Waals surface area contributed by atoms with Crippen molar-refractivity contribution in [1.29, 1.82) is 0 Å². The van der Waals surface area contributed by atoms with E-state index < -0.39 is 22.8 Å². The minimum Gasteiger partial charge on any atom is -0.377 e. The molecule has 1 aromatic carbocycles. The van der Waals surface area contributed by atoms with Gasteiger partial charge in [-0.15, -0.1) is 0 Å². The van der Waals surface area contributed by atoms with E-state index in [1.165, 1.54) is 0 Å². The van der Waals surface area contributed by atoms with E-state index >= 15 is 0 Å². The molecule has 1 N–H and O–H groups in total. The van der Waals surface area contributed by atoms with Gasteiger partial charge in [0.25, 0.3) is 5.69 Å². The summed E-state index contributed by atoms with van der Waals surface area (Å²) in [5.74, 6) is -1.95. The maximum atomic E-state index is 13.2. The van der Waals surface area contributed by atoms with Gasteiger partial charge < -0.3 is 5.32 Å². The molecule has 0 atom stereocenters. The molecule has 1 aliphatic carbocycles. The Bertz CT molecular complexity index is 525. The Kier molecular flexibility index (Phi) is 4.34. The summed E-state index contributed by atoms with van der Waals surface area (Å²) in [4.78, 5) is 10.2. The van der Waals surface area contributed by atoms with E-state index in [0.29, 0.717) is 0 Å². The number of nitro groups is 1. The standard InChI is InChI=1S/C13H14F4N2O2/c14-9-3-6-12(19(20)21)11(7-9)18-10-4-1-8(2-5-10)13(15,16)17/h3,6-8,10,18H,1-2,4-5H2. The second-order valence-electron chi connectivity index (χ2n) is 5.15. The lowest BCUT2D eigenvalue weighted by Gasteiger charge is -2.30. The zero-order valence-corrected chi connectivity index (χ0v) is 11.0. The zero-order valence-electron chi connectivity index (χ0n) is 11.0. The summed E-state index contributed by atoms with van der Waals surface area (Å²) < 4.78 is 50.8. The van der Waals surface area contributed by atoms with E-state index in [9.17, 15) is 27.7 Å². The van der Waals surface area contributed by atoms with Crippen LogP contribution < -0.4 is 5.32 Å². The third-order valence-corrected chi connectivity index (χ3v) is 3.71. The van der Waals surface area contributed by atoms with Crippen molar-refractivity contribution < 1.29 is 22.5 Å². The Labute approximate surface area is 118 Å². The van der Waals surface area contributed by atoms with Crippen molar-refractivity contribution in [2.45, 2.75) is 37.9 Å². The van der Waals surface area contributed by atoms with Crippen LogP contribution in [0.15, 0.2) is 18.2 Å². The summed E-state index contributed by atoms with van der Waals surface area (Å²) in [5, 5.41) is 13.6. The Balaban J connectivity index is 2.04. The third kappa shape index (κ3) is 3.83. The minimum atomic E-state index is -4.20. The summed E-state index contributed by atoms with van der Waals surface area (Å²) in [6, 6.07) is 2.70.